The Morgan fingerprint density at radius 2 is 2.00 bits per heavy atom. The molecule has 0 spiro atoms. The number of aryl methyl sites for hydroxylation is 1. The summed E-state index contributed by atoms with van der Waals surface area (Å²) in [4.78, 5) is 12.7. The maximum atomic E-state index is 11.0. The van der Waals surface area contributed by atoms with E-state index in [4.69, 9.17) is 11.6 Å². The SMILES string of the molecule is Cc1cc([N+](=O)[O-])c(N2CCCC2)cc1Cl. The first-order valence-electron chi connectivity index (χ1n) is 5.29. The molecule has 1 fully saturated rings. The van der Waals surface area contributed by atoms with Crippen molar-refractivity contribution in [1.82, 2.24) is 0 Å². The zero-order chi connectivity index (χ0) is 11.7. The maximum absolute atomic E-state index is 11.0. The highest BCUT2D eigenvalue weighted by molar-refractivity contribution is 6.31. The van der Waals surface area contributed by atoms with Crippen LogP contribution in [0, 0.1) is 17.0 Å². The van der Waals surface area contributed by atoms with Gasteiger partial charge in [-0.25, -0.2) is 0 Å². The zero-order valence-corrected chi connectivity index (χ0v) is 9.83. The number of benzene rings is 1. The standard InChI is InChI=1S/C11H13ClN2O2/c1-8-6-11(14(15)16)10(7-9(8)12)13-4-2-3-5-13/h6-7H,2-5H2,1H3. The minimum atomic E-state index is -0.336. The smallest absolute Gasteiger partial charge is 0.292 e. The van der Waals surface area contributed by atoms with E-state index in [0.29, 0.717) is 10.7 Å². The molecule has 1 heterocycles. The minimum absolute atomic E-state index is 0.156. The fourth-order valence-corrected chi connectivity index (χ4v) is 2.17. The van der Waals surface area contributed by atoms with Crippen LogP contribution in [0.2, 0.25) is 5.02 Å². The lowest BCUT2D eigenvalue weighted by Gasteiger charge is -2.18. The Hall–Kier alpha value is -1.29. The first-order valence-corrected chi connectivity index (χ1v) is 5.67. The van der Waals surface area contributed by atoms with Gasteiger partial charge in [-0.2, -0.15) is 0 Å². The molecule has 5 heteroatoms. The Balaban J connectivity index is 2.48. The summed E-state index contributed by atoms with van der Waals surface area (Å²) in [6, 6.07) is 3.26. The number of anilines is 1. The molecule has 86 valence electrons. The third-order valence-corrected chi connectivity index (χ3v) is 3.31. The summed E-state index contributed by atoms with van der Waals surface area (Å²) in [5, 5.41) is 11.6. The molecule has 0 bridgehead atoms. The van der Waals surface area contributed by atoms with Crippen molar-refractivity contribution in [2.24, 2.45) is 0 Å². The van der Waals surface area contributed by atoms with Gasteiger partial charge in [0.2, 0.25) is 0 Å². The topological polar surface area (TPSA) is 46.4 Å². The molecule has 1 aromatic rings. The van der Waals surface area contributed by atoms with Crippen LogP contribution in [0.15, 0.2) is 12.1 Å². The van der Waals surface area contributed by atoms with Crippen LogP contribution in [0.5, 0.6) is 0 Å². The summed E-state index contributed by atoms with van der Waals surface area (Å²) in [5.41, 5.74) is 1.55. The van der Waals surface area contributed by atoms with E-state index in [-0.39, 0.29) is 10.6 Å². The molecule has 0 saturated carbocycles. The lowest BCUT2D eigenvalue weighted by molar-refractivity contribution is -0.384. The van der Waals surface area contributed by atoms with Crippen molar-refractivity contribution in [3.05, 3.63) is 32.8 Å². The fourth-order valence-electron chi connectivity index (χ4n) is 2.01. The normalized spacial score (nSPS) is 15.5. The predicted molar refractivity (Wildman–Crippen MR) is 64.3 cm³/mol. The number of nitrogens with zero attached hydrogens (tertiary/aromatic N) is 2. The van der Waals surface area contributed by atoms with Gasteiger partial charge < -0.3 is 4.90 Å². The van der Waals surface area contributed by atoms with Crippen molar-refractivity contribution in [1.29, 1.82) is 0 Å². The van der Waals surface area contributed by atoms with Gasteiger partial charge in [-0.3, -0.25) is 10.1 Å². The maximum Gasteiger partial charge on any atom is 0.292 e. The monoisotopic (exact) mass is 240 g/mol. The molecule has 0 aromatic heterocycles. The second-order valence-corrected chi connectivity index (χ2v) is 4.45. The van der Waals surface area contributed by atoms with E-state index in [2.05, 4.69) is 0 Å². The van der Waals surface area contributed by atoms with Crippen LogP contribution in [0.25, 0.3) is 0 Å². The predicted octanol–water partition coefficient (Wildman–Crippen LogP) is 3.16. The van der Waals surface area contributed by atoms with Crippen LogP contribution >= 0.6 is 11.6 Å². The van der Waals surface area contributed by atoms with Gasteiger partial charge in [0.1, 0.15) is 5.69 Å². The van der Waals surface area contributed by atoms with E-state index in [9.17, 15) is 10.1 Å². The number of rotatable bonds is 2. The van der Waals surface area contributed by atoms with Crippen molar-refractivity contribution >= 4 is 23.0 Å². The molecule has 1 aromatic carbocycles. The van der Waals surface area contributed by atoms with E-state index in [1.165, 1.54) is 0 Å². The van der Waals surface area contributed by atoms with Gasteiger partial charge in [-0.15, -0.1) is 0 Å². The van der Waals surface area contributed by atoms with E-state index in [0.717, 1.165) is 31.5 Å². The first-order chi connectivity index (χ1) is 7.59. The Bertz CT molecular complexity index is 428. The van der Waals surface area contributed by atoms with Gasteiger partial charge in [-0.1, -0.05) is 11.6 Å². The van der Waals surface area contributed by atoms with E-state index in [1.807, 2.05) is 4.90 Å². The molecule has 0 atom stereocenters. The fraction of sp³-hybridized carbons (Fsp3) is 0.455. The van der Waals surface area contributed by atoms with Crippen LogP contribution in [0.1, 0.15) is 18.4 Å². The lowest BCUT2D eigenvalue weighted by atomic mass is 10.2. The van der Waals surface area contributed by atoms with Crippen LogP contribution in [0.3, 0.4) is 0 Å². The molecule has 0 aliphatic carbocycles. The average Bonchev–Trinajstić information content (AvgIpc) is 2.74. The molecular weight excluding hydrogens is 228 g/mol. The molecule has 2 rings (SSSR count). The van der Waals surface area contributed by atoms with Crippen molar-refractivity contribution in [2.45, 2.75) is 19.8 Å². The molecule has 1 aliphatic rings. The summed E-state index contributed by atoms with van der Waals surface area (Å²) >= 11 is 6.02. The number of nitro benzene ring substituents is 1. The first kappa shape index (κ1) is 11.2. The third kappa shape index (κ3) is 1.97. The van der Waals surface area contributed by atoms with Gasteiger partial charge in [0.15, 0.2) is 0 Å². The van der Waals surface area contributed by atoms with Crippen molar-refractivity contribution in [2.75, 3.05) is 18.0 Å². The Morgan fingerprint density at radius 1 is 1.38 bits per heavy atom. The molecule has 0 N–H and O–H groups in total. The molecule has 16 heavy (non-hydrogen) atoms. The average molecular weight is 241 g/mol. The molecule has 0 radical (unpaired) electrons. The summed E-state index contributed by atoms with van der Waals surface area (Å²) in [6.07, 6.45) is 2.17. The molecule has 4 nitrogen and oxygen atoms in total. The summed E-state index contributed by atoms with van der Waals surface area (Å²) in [5.74, 6) is 0. The van der Waals surface area contributed by atoms with Gasteiger partial charge >= 0.3 is 0 Å². The van der Waals surface area contributed by atoms with Crippen molar-refractivity contribution in [3.8, 4) is 0 Å². The number of halogens is 1. The van der Waals surface area contributed by atoms with Gasteiger partial charge in [0.05, 0.1) is 4.92 Å². The quantitative estimate of drug-likeness (QED) is 0.589. The highest BCUT2D eigenvalue weighted by Crippen LogP contribution is 2.35. The van der Waals surface area contributed by atoms with Crippen LogP contribution in [-0.4, -0.2) is 18.0 Å². The molecular formula is C11H13ClN2O2. The molecule has 0 amide bonds. The van der Waals surface area contributed by atoms with Gasteiger partial charge in [0, 0.05) is 24.2 Å². The Labute approximate surface area is 99.0 Å². The number of nitro groups is 1. The van der Waals surface area contributed by atoms with E-state index < -0.39 is 0 Å². The Kier molecular flexibility index (Phi) is 3.01. The number of hydrogen-bond acceptors (Lipinski definition) is 3. The van der Waals surface area contributed by atoms with E-state index >= 15 is 0 Å². The van der Waals surface area contributed by atoms with Gasteiger partial charge in [0.25, 0.3) is 5.69 Å². The zero-order valence-electron chi connectivity index (χ0n) is 9.07. The van der Waals surface area contributed by atoms with Crippen molar-refractivity contribution < 1.29 is 4.92 Å². The lowest BCUT2D eigenvalue weighted by Crippen LogP contribution is -2.19. The summed E-state index contributed by atoms with van der Waals surface area (Å²) < 4.78 is 0. The van der Waals surface area contributed by atoms with Crippen LogP contribution in [-0.2, 0) is 0 Å². The van der Waals surface area contributed by atoms with Crippen LogP contribution in [0.4, 0.5) is 11.4 Å². The summed E-state index contributed by atoms with van der Waals surface area (Å²) in [6.45, 7) is 3.53. The van der Waals surface area contributed by atoms with E-state index in [1.54, 1.807) is 19.1 Å². The largest absolute Gasteiger partial charge is 0.366 e. The highest BCUT2D eigenvalue weighted by atomic mass is 35.5. The van der Waals surface area contributed by atoms with Crippen molar-refractivity contribution in [3.63, 3.8) is 0 Å². The minimum Gasteiger partial charge on any atom is -0.366 e. The Morgan fingerprint density at radius 3 is 2.56 bits per heavy atom. The molecule has 1 aliphatic heterocycles. The highest BCUT2D eigenvalue weighted by Gasteiger charge is 2.23. The molecule has 0 unspecified atom stereocenters. The second-order valence-electron chi connectivity index (χ2n) is 4.04. The van der Waals surface area contributed by atoms with Crippen LogP contribution < -0.4 is 4.90 Å². The second kappa shape index (κ2) is 4.29. The summed E-state index contributed by atoms with van der Waals surface area (Å²) in [7, 11) is 0. The van der Waals surface area contributed by atoms with Gasteiger partial charge in [-0.05, 0) is 31.4 Å². The third-order valence-electron chi connectivity index (χ3n) is 2.90. The number of hydrogen-bond donors (Lipinski definition) is 0. The molecule has 1 saturated heterocycles.